The molecular formula is C23H31N3O3S. The van der Waals surface area contributed by atoms with Crippen LogP contribution in [-0.4, -0.2) is 51.9 Å². The normalized spacial score (nSPS) is 16.8. The van der Waals surface area contributed by atoms with Crippen molar-refractivity contribution in [3.05, 3.63) is 60.2 Å². The summed E-state index contributed by atoms with van der Waals surface area (Å²) in [5, 5.41) is 2.96. The summed E-state index contributed by atoms with van der Waals surface area (Å²) in [7, 11) is -2.24. The van der Waals surface area contributed by atoms with E-state index in [1.165, 1.54) is 36.3 Å². The molecule has 0 saturated carbocycles. The summed E-state index contributed by atoms with van der Waals surface area (Å²) in [5.41, 5.74) is 0.911. The minimum Gasteiger partial charge on any atom is -0.350 e. The van der Waals surface area contributed by atoms with Crippen LogP contribution in [0.5, 0.6) is 0 Å². The fraction of sp³-hybridized carbons (Fsp3) is 0.435. The molecule has 1 N–H and O–H groups in total. The fourth-order valence-electron chi connectivity index (χ4n) is 3.67. The van der Waals surface area contributed by atoms with Crippen LogP contribution in [0.2, 0.25) is 0 Å². The van der Waals surface area contributed by atoms with Crippen LogP contribution in [0.3, 0.4) is 0 Å². The smallest absolute Gasteiger partial charge is 0.264 e. The van der Waals surface area contributed by atoms with Crippen molar-refractivity contribution in [1.82, 2.24) is 10.2 Å². The molecule has 0 aliphatic carbocycles. The second-order valence-electron chi connectivity index (χ2n) is 8.11. The molecule has 0 bridgehead atoms. The Morgan fingerprint density at radius 2 is 1.80 bits per heavy atom. The van der Waals surface area contributed by atoms with Crippen molar-refractivity contribution >= 4 is 21.6 Å². The van der Waals surface area contributed by atoms with E-state index in [1.54, 1.807) is 36.4 Å². The van der Waals surface area contributed by atoms with Gasteiger partial charge in [0.1, 0.15) is 0 Å². The van der Waals surface area contributed by atoms with Crippen LogP contribution in [0.15, 0.2) is 59.5 Å². The van der Waals surface area contributed by atoms with Crippen molar-refractivity contribution in [2.75, 3.05) is 31.0 Å². The Balaban J connectivity index is 1.66. The van der Waals surface area contributed by atoms with E-state index in [0.717, 1.165) is 19.0 Å². The molecule has 1 amide bonds. The van der Waals surface area contributed by atoms with Crippen LogP contribution in [0, 0.1) is 5.92 Å². The molecule has 6 nitrogen and oxygen atoms in total. The number of piperidine rings is 1. The highest BCUT2D eigenvalue weighted by atomic mass is 32.2. The molecule has 1 unspecified atom stereocenters. The Kier molecular flexibility index (Phi) is 7.15. The monoisotopic (exact) mass is 429 g/mol. The van der Waals surface area contributed by atoms with Crippen molar-refractivity contribution in [2.45, 2.75) is 37.6 Å². The van der Waals surface area contributed by atoms with Gasteiger partial charge in [-0.3, -0.25) is 14.0 Å². The minimum absolute atomic E-state index is 0.0968. The van der Waals surface area contributed by atoms with Gasteiger partial charge in [-0.1, -0.05) is 31.2 Å². The average molecular weight is 430 g/mol. The summed E-state index contributed by atoms with van der Waals surface area (Å²) in [4.78, 5) is 15.2. The van der Waals surface area contributed by atoms with E-state index in [1.807, 2.05) is 6.07 Å². The van der Waals surface area contributed by atoms with Crippen molar-refractivity contribution in [3.63, 3.8) is 0 Å². The van der Waals surface area contributed by atoms with Crippen LogP contribution >= 0.6 is 0 Å². The van der Waals surface area contributed by atoms with Crippen LogP contribution in [0.4, 0.5) is 5.69 Å². The number of hydrogen-bond donors (Lipinski definition) is 1. The first-order valence-electron chi connectivity index (χ1n) is 10.5. The zero-order chi connectivity index (χ0) is 21.7. The maximum absolute atomic E-state index is 13.0. The van der Waals surface area contributed by atoms with Crippen molar-refractivity contribution in [3.8, 4) is 0 Å². The summed E-state index contributed by atoms with van der Waals surface area (Å²) in [6, 6.07) is 15.3. The van der Waals surface area contributed by atoms with Gasteiger partial charge in [-0.15, -0.1) is 0 Å². The van der Waals surface area contributed by atoms with Crippen molar-refractivity contribution < 1.29 is 13.2 Å². The van der Waals surface area contributed by atoms with Crippen LogP contribution in [0.1, 0.15) is 37.0 Å². The summed E-state index contributed by atoms with van der Waals surface area (Å²) in [6.07, 6.45) is 2.38. The van der Waals surface area contributed by atoms with E-state index in [-0.39, 0.29) is 16.8 Å². The molecule has 1 aliphatic heterocycles. The number of amides is 1. The van der Waals surface area contributed by atoms with Gasteiger partial charge in [-0.2, -0.15) is 0 Å². The Hall–Kier alpha value is -2.38. The summed E-state index contributed by atoms with van der Waals surface area (Å²) in [5.74, 6) is 0.508. The van der Waals surface area contributed by atoms with Gasteiger partial charge in [-0.25, -0.2) is 8.42 Å². The second kappa shape index (κ2) is 9.62. The molecule has 30 heavy (non-hydrogen) atoms. The molecule has 2 aromatic carbocycles. The third kappa shape index (κ3) is 5.21. The largest absolute Gasteiger partial charge is 0.350 e. The Labute approximate surface area is 179 Å². The van der Waals surface area contributed by atoms with E-state index in [0.29, 0.717) is 17.8 Å². The molecule has 2 aromatic rings. The standard InChI is InChI=1S/C23H31N3O3S/c1-18-12-14-26(15-13-18)19(2)17-24-23(27)20-8-7-11-22(16-20)30(28,29)25(3)21-9-5-4-6-10-21/h4-11,16,18-19H,12-15,17H2,1-3H3,(H,24,27). The molecule has 0 aromatic heterocycles. The number of anilines is 1. The van der Waals surface area contributed by atoms with Gasteiger partial charge in [0.15, 0.2) is 0 Å². The quantitative estimate of drug-likeness (QED) is 0.733. The Morgan fingerprint density at radius 1 is 1.13 bits per heavy atom. The van der Waals surface area contributed by atoms with Crippen LogP contribution < -0.4 is 9.62 Å². The number of carbonyl (C=O) groups excluding carboxylic acids is 1. The first-order valence-corrected chi connectivity index (χ1v) is 11.9. The zero-order valence-electron chi connectivity index (χ0n) is 17.9. The summed E-state index contributed by atoms with van der Waals surface area (Å²) in [6.45, 7) is 7.04. The number of likely N-dealkylation sites (tertiary alicyclic amines) is 1. The number of nitrogens with one attached hydrogen (secondary N) is 1. The van der Waals surface area contributed by atoms with Gasteiger partial charge in [0.05, 0.1) is 10.6 Å². The molecule has 3 rings (SSSR count). The molecule has 1 heterocycles. The third-order valence-corrected chi connectivity index (χ3v) is 7.66. The second-order valence-corrected chi connectivity index (χ2v) is 10.1. The number of hydrogen-bond acceptors (Lipinski definition) is 4. The number of benzene rings is 2. The highest BCUT2D eigenvalue weighted by molar-refractivity contribution is 7.92. The number of carbonyl (C=O) groups is 1. The molecule has 0 spiro atoms. The van der Waals surface area contributed by atoms with Gasteiger partial charge in [-0.05, 0) is 69.1 Å². The topological polar surface area (TPSA) is 69.7 Å². The molecule has 1 atom stereocenters. The molecular weight excluding hydrogens is 398 g/mol. The van der Waals surface area contributed by atoms with Crippen LogP contribution in [-0.2, 0) is 10.0 Å². The van der Waals surface area contributed by atoms with Crippen molar-refractivity contribution in [2.24, 2.45) is 5.92 Å². The minimum atomic E-state index is -3.76. The maximum atomic E-state index is 13.0. The van der Waals surface area contributed by atoms with E-state index in [4.69, 9.17) is 0 Å². The van der Waals surface area contributed by atoms with E-state index in [2.05, 4.69) is 24.1 Å². The number of para-hydroxylation sites is 1. The van der Waals surface area contributed by atoms with Gasteiger partial charge in [0.2, 0.25) is 0 Å². The average Bonchev–Trinajstić information content (AvgIpc) is 2.77. The number of rotatable bonds is 7. The molecule has 162 valence electrons. The zero-order valence-corrected chi connectivity index (χ0v) is 18.7. The Bertz CT molecular complexity index is 955. The molecule has 1 saturated heterocycles. The van der Waals surface area contributed by atoms with E-state index >= 15 is 0 Å². The van der Waals surface area contributed by atoms with Crippen LogP contribution in [0.25, 0.3) is 0 Å². The maximum Gasteiger partial charge on any atom is 0.264 e. The first-order chi connectivity index (χ1) is 14.3. The Morgan fingerprint density at radius 3 is 2.47 bits per heavy atom. The van der Waals surface area contributed by atoms with Gasteiger partial charge < -0.3 is 5.32 Å². The van der Waals surface area contributed by atoms with E-state index in [9.17, 15) is 13.2 Å². The highest BCUT2D eigenvalue weighted by Crippen LogP contribution is 2.22. The first kappa shape index (κ1) is 22.3. The fourth-order valence-corrected chi connectivity index (χ4v) is 4.92. The lowest BCUT2D eigenvalue weighted by Crippen LogP contribution is -2.45. The predicted molar refractivity (Wildman–Crippen MR) is 120 cm³/mol. The summed E-state index contributed by atoms with van der Waals surface area (Å²) < 4.78 is 27.2. The number of sulfonamides is 1. The molecule has 7 heteroatoms. The van der Waals surface area contributed by atoms with Gasteiger partial charge in [0.25, 0.3) is 15.9 Å². The lowest BCUT2D eigenvalue weighted by atomic mass is 9.98. The van der Waals surface area contributed by atoms with Crippen molar-refractivity contribution in [1.29, 1.82) is 0 Å². The van der Waals surface area contributed by atoms with E-state index < -0.39 is 10.0 Å². The molecule has 1 fully saturated rings. The summed E-state index contributed by atoms with van der Waals surface area (Å²) >= 11 is 0. The van der Waals surface area contributed by atoms with Gasteiger partial charge in [0, 0.05) is 25.2 Å². The molecule has 0 radical (unpaired) electrons. The number of nitrogens with zero attached hydrogens (tertiary/aromatic N) is 2. The lowest BCUT2D eigenvalue weighted by molar-refractivity contribution is 0.0921. The molecule has 1 aliphatic rings. The predicted octanol–water partition coefficient (Wildman–Crippen LogP) is 3.36. The highest BCUT2D eigenvalue weighted by Gasteiger charge is 2.23. The van der Waals surface area contributed by atoms with Gasteiger partial charge >= 0.3 is 0 Å². The SMILES string of the molecule is CC1CCN(C(C)CNC(=O)c2cccc(S(=O)(=O)N(C)c3ccccc3)c2)CC1. The lowest BCUT2D eigenvalue weighted by Gasteiger charge is -2.35. The third-order valence-electron chi connectivity index (χ3n) is 5.87.